The molecule has 0 aliphatic rings. The second-order valence-corrected chi connectivity index (χ2v) is 3.64. The first-order valence-electron chi connectivity index (χ1n) is 5.22. The Balaban J connectivity index is 2.90. The van der Waals surface area contributed by atoms with Crippen LogP contribution in [0.4, 0.5) is 5.69 Å². The van der Waals surface area contributed by atoms with Crippen molar-refractivity contribution in [3.05, 3.63) is 24.3 Å². The standard InChI is InChI=1S/C12H16ClNO3/c1-16-7-6-14(12(15)9-13)10-4-3-5-11(8-10)17-2/h3-5,8H,6-7,9H2,1-2H3. The summed E-state index contributed by atoms with van der Waals surface area (Å²) < 4.78 is 10.1. The predicted molar refractivity (Wildman–Crippen MR) is 67.9 cm³/mol. The van der Waals surface area contributed by atoms with Gasteiger partial charge in [-0.05, 0) is 12.1 Å². The third-order valence-corrected chi connectivity index (χ3v) is 2.53. The van der Waals surface area contributed by atoms with E-state index in [1.54, 1.807) is 25.2 Å². The number of ether oxygens (including phenoxy) is 2. The first-order valence-corrected chi connectivity index (χ1v) is 5.75. The molecule has 0 radical (unpaired) electrons. The van der Waals surface area contributed by atoms with Crippen LogP contribution in [0.25, 0.3) is 0 Å². The van der Waals surface area contributed by atoms with Crippen LogP contribution in [0.2, 0.25) is 0 Å². The highest BCUT2D eigenvalue weighted by molar-refractivity contribution is 6.29. The van der Waals surface area contributed by atoms with E-state index in [1.807, 2.05) is 18.2 Å². The van der Waals surface area contributed by atoms with Gasteiger partial charge in [0.2, 0.25) is 5.91 Å². The highest BCUT2D eigenvalue weighted by atomic mass is 35.5. The average molecular weight is 258 g/mol. The van der Waals surface area contributed by atoms with E-state index >= 15 is 0 Å². The van der Waals surface area contributed by atoms with Gasteiger partial charge in [0.15, 0.2) is 0 Å². The second kappa shape index (κ2) is 7.14. The number of alkyl halides is 1. The summed E-state index contributed by atoms with van der Waals surface area (Å²) in [4.78, 5) is 13.3. The summed E-state index contributed by atoms with van der Waals surface area (Å²) in [5.74, 6) is 0.491. The minimum absolute atomic E-state index is 0.0546. The topological polar surface area (TPSA) is 38.8 Å². The number of amides is 1. The molecule has 0 N–H and O–H groups in total. The van der Waals surface area contributed by atoms with Crippen molar-refractivity contribution in [3.8, 4) is 5.75 Å². The summed E-state index contributed by atoms with van der Waals surface area (Å²) in [6, 6.07) is 7.28. The number of halogens is 1. The zero-order chi connectivity index (χ0) is 12.7. The Labute approximate surface area is 106 Å². The number of nitrogens with zero attached hydrogens (tertiary/aromatic N) is 1. The maximum absolute atomic E-state index is 11.7. The molecule has 0 atom stereocenters. The molecular formula is C12H16ClNO3. The van der Waals surface area contributed by atoms with Crippen molar-refractivity contribution in [2.24, 2.45) is 0 Å². The smallest absolute Gasteiger partial charge is 0.241 e. The lowest BCUT2D eigenvalue weighted by atomic mass is 10.2. The van der Waals surface area contributed by atoms with E-state index in [2.05, 4.69) is 0 Å². The summed E-state index contributed by atoms with van der Waals surface area (Å²) in [7, 11) is 3.18. The van der Waals surface area contributed by atoms with Crippen LogP contribution in [-0.2, 0) is 9.53 Å². The summed E-state index contributed by atoms with van der Waals surface area (Å²) in [6.45, 7) is 0.926. The number of benzene rings is 1. The Kier molecular flexibility index (Phi) is 5.80. The lowest BCUT2D eigenvalue weighted by Crippen LogP contribution is -2.34. The van der Waals surface area contributed by atoms with Crippen molar-refractivity contribution in [2.75, 3.05) is 38.2 Å². The maximum atomic E-state index is 11.7. The molecule has 0 unspecified atom stereocenters. The zero-order valence-electron chi connectivity index (χ0n) is 9.98. The van der Waals surface area contributed by atoms with E-state index in [9.17, 15) is 4.79 Å². The van der Waals surface area contributed by atoms with Gasteiger partial charge in [-0.15, -0.1) is 11.6 Å². The number of anilines is 1. The largest absolute Gasteiger partial charge is 0.497 e. The van der Waals surface area contributed by atoms with Gasteiger partial charge in [0.05, 0.1) is 13.7 Å². The Morgan fingerprint density at radius 3 is 2.76 bits per heavy atom. The van der Waals surface area contributed by atoms with Crippen molar-refractivity contribution >= 4 is 23.2 Å². The molecule has 0 heterocycles. The SMILES string of the molecule is COCCN(C(=O)CCl)c1cccc(OC)c1. The molecule has 0 spiro atoms. The van der Waals surface area contributed by atoms with Crippen LogP contribution in [0, 0.1) is 0 Å². The molecular weight excluding hydrogens is 242 g/mol. The quantitative estimate of drug-likeness (QED) is 0.731. The van der Waals surface area contributed by atoms with Gasteiger partial charge in [-0.2, -0.15) is 0 Å². The van der Waals surface area contributed by atoms with Crippen molar-refractivity contribution in [1.29, 1.82) is 0 Å². The zero-order valence-corrected chi connectivity index (χ0v) is 10.7. The Morgan fingerprint density at radius 2 is 2.18 bits per heavy atom. The van der Waals surface area contributed by atoms with Crippen LogP contribution >= 0.6 is 11.6 Å². The molecule has 0 aromatic heterocycles. The van der Waals surface area contributed by atoms with Gasteiger partial charge < -0.3 is 14.4 Å². The van der Waals surface area contributed by atoms with Crippen LogP contribution < -0.4 is 9.64 Å². The molecule has 0 saturated carbocycles. The molecule has 0 bridgehead atoms. The van der Waals surface area contributed by atoms with E-state index in [-0.39, 0.29) is 11.8 Å². The lowest BCUT2D eigenvalue weighted by molar-refractivity contribution is -0.116. The highest BCUT2D eigenvalue weighted by Crippen LogP contribution is 2.21. The van der Waals surface area contributed by atoms with Crippen molar-refractivity contribution in [1.82, 2.24) is 0 Å². The molecule has 0 aliphatic carbocycles. The van der Waals surface area contributed by atoms with E-state index < -0.39 is 0 Å². The molecule has 1 amide bonds. The van der Waals surface area contributed by atoms with Crippen LogP contribution in [0.5, 0.6) is 5.75 Å². The maximum Gasteiger partial charge on any atom is 0.241 e. The minimum Gasteiger partial charge on any atom is -0.497 e. The van der Waals surface area contributed by atoms with Gasteiger partial charge in [0.1, 0.15) is 11.6 Å². The first-order chi connectivity index (χ1) is 8.22. The van der Waals surface area contributed by atoms with Gasteiger partial charge >= 0.3 is 0 Å². The third-order valence-electron chi connectivity index (χ3n) is 2.30. The number of carbonyl (C=O) groups excluding carboxylic acids is 1. The van der Waals surface area contributed by atoms with Gasteiger partial charge in [-0.1, -0.05) is 6.07 Å². The molecule has 1 aromatic rings. The van der Waals surface area contributed by atoms with Crippen LogP contribution in [0.15, 0.2) is 24.3 Å². The molecule has 0 fully saturated rings. The normalized spacial score (nSPS) is 10.1. The molecule has 94 valence electrons. The van der Waals surface area contributed by atoms with Crippen molar-refractivity contribution in [2.45, 2.75) is 0 Å². The summed E-state index contributed by atoms with van der Waals surface area (Å²) >= 11 is 5.59. The van der Waals surface area contributed by atoms with Crippen LogP contribution in [0.1, 0.15) is 0 Å². The van der Waals surface area contributed by atoms with E-state index in [0.29, 0.717) is 18.9 Å². The van der Waals surface area contributed by atoms with Gasteiger partial charge in [0.25, 0.3) is 0 Å². The fraction of sp³-hybridized carbons (Fsp3) is 0.417. The predicted octanol–water partition coefficient (Wildman–Crippen LogP) is 1.91. The summed E-state index contributed by atoms with van der Waals surface area (Å²) in [6.07, 6.45) is 0. The van der Waals surface area contributed by atoms with Gasteiger partial charge in [0, 0.05) is 25.4 Å². The second-order valence-electron chi connectivity index (χ2n) is 3.37. The minimum atomic E-state index is -0.156. The number of carbonyl (C=O) groups is 1. The van der Waals surface area contributed by atoms with Gasteiger partial charge in [-0.25, -0.2) is 0 Å². The van der Waals surface area contributed by atoms with Crippen molar-refractivity contribution in [3.63, 3.8) is 0 Å². The van der Waals surface area contributed by atoms with Crippen LogP contribution in [-0.4, -0.2) is 39.2 Å². The lowest BCUT2D eigenvalue weighted by Gasteiger charge is -2.22. The highest BCUT2D eigenvalue weighted by Gasteiger charge is 2.14. The fourth-order valence-corrected chi connectivity index (χ4v) is 1.58. The Hall–Kier alpha value is -1.26. The van der Waals surface area contributed by atoms with Crippen LogP contribution in [0.3, 0.4) is 0 Å². The van der Waals surface area contributed by atoms with E-state index in [4.69, 9.17) is 21.1 Å². The first kappa shape index (κ1) is 13.8. The molecule has 4 nitrogen and oxygen atoms in total. The summed E-state index contributed by atoms with van der Waals surface area (Å²) in [5.41, 5.74) is 0.757. The molecule has 1 rings (SSSR count). The number of methoxy groups -OCH3 is 2. The molecule has 0 saturated heterocycles. The monoisotopic (exact) mass is 257 g/mol. The number of rotatable bonds is 6. The Bertz CT molecular complexity index is 371. The molecule has 5 heteroatoms. The van der Waals surface area contributed by atoms with E-state index in [0.717, 1.165) is 5.69 Å². The number of hydrogen-bond donors (Lipinski definition) is 0. The molecule has 0 aliphatic heterocycles. The van der Waals surface area contributed by atoms with Gasteiger partial charge in [-0.3, -0.25) is 4.79 Å². The fourth-order valence-electron chi connectivity index (χ4n) is 1.43. The molecule has 17 heavy (non-hydrogen) atoms. The van der Waals surface area contributed by atoms with Crippen molar-refractivity contribution < 1.29 is 14.3 Å². The van der Waals surface area contributed by atoms with E-state index in [1.165, 1.54) is 0 Å². The summed E-state index contributed by atoms with van der Waals surface area (Å²) in [5, 5.41) is 0. The third kappa shape index (κ3) is 3.91. The molecule has 1 aromatic carbocycles. The number of hydrogen-bond acceptors (Lipinski definition) is 3. The average Bonchev–Trinajstić information content (AvgIpc) is 2.39. The Morgan fingerprint density at radius 1 is 1.41 bits per heavy atom.